The van der Waals surface area contributed by atoms with Crippen molar-refractivity contribution >= 4 is 54.1 Å². The van der Waals surface area contributed by atoms with Gasteiger partial charge >= 0.3 is 0 Å². The molecule has 0 bridgehead atoms. The van der Waals surface area contributed by atoms with Crippen molar-refractivity contribution in [3.05, 3.63) is 194 Å². The molecule has 0 N–H and O–H groups in total. The Hall–Kier alpha value is -7.43. The third kappa shape index (κ3) is 5.19. The summed E-state index contributed by atoms with van der Waals surface area (Å²) in [5.41, 5.74) is 8.41. The second-order valence-electron chi connectivity index (χ2n) is 14.0. The van der Waals surface area contributed by atoms with E-state index < -0.39 is 0 Å². The zero-order chi connectivity index (χ0) is 36.3. The van der Waals surface area contributed by atoms with E-state index in [1.165, 1.54) is 37.7 Å². The lowest BCUT2D eigenvalue weighted by atomic mass is 10.00. The number of hydrogen-bond donors (Lipinski definition) is 0. The highest BCUT2D eigenvalue weighted by Gasteiger charge is 2.21. The van der Waals surface area contributed by atoms with Gasteiger partial charge in [-0.2, -0.15) is 0 Å². The lowest BCUT2D eigenvalue weighted by molar-refractivity contribution is 1.07. The molecule has 0 aliphatic carbocycles. The molecule has 0 aliphatic heterocycles. The van der Waals surface area contributed by atoms with Gasteiger partial charge in [0, 0.05) is 33.0 Å². The molecule has 0 unspecified atom stereocenters. The Labute approximate surface area is 317 Å². The molecule has 4 heteroatoms. The molecule has 0 atom stereocenters. The van der Waals surface area contributed by atoms with E-state index in [0.717, 1.165) is 49.9 Å². The van der Waals surface area contributed by atoms with Crippen LogP contribution in [-0.2, 0) is 0 Å². The summed E-state index contributed by atoms with van der Waals surface area (Å²) in [5, 5.41) is 9.74. The zero-order valence-electron chi connectivity index (χ0n) is 29.8. The van der Waals surface area contributed by atoms with E-state index in [1.54, 1.807) is 0 Å². The maximum atomic E-state index is 5.21. The number of nitrogens with zero attached hydrogens (tertiary/aromatic N) is 4. The molecular weight excluding hydrogens is 669 g/mol. The molecule has 0 spiro atoms. The molecule has 2 aromatic heterocycles. The van der Waals surface area contributed by atoms with Gasteiger partial charge in [0.25, 0.3) is 0 Å². The first kappa shape index (κ1) is 31.1. The molecule has 0 radical (unpaired) electrons. The predicted molar refractivity (Wildman–Crippen MR) is 228 cm³/mol. The molecule has 11 rings (SSSR count). The number of aromatic nitrogens is 4. The van der Waals surface area contributed by atoms with Gasteiger partial charge in [-0.15, -0.1) is 0 Å². The summed E-state index contributed by atoms with van der Waals surface area (Å²) in [6, 6.07) is 68.8. The van der Waals surface area contributed by atoms with E-state index in [9.17, 15) is 0 Å². The highest BCUT2D eigenvalue weighted by Crippen LogP contribution is 2.43. The van der Waals surface area contributed by atoms with Crippen LogP contribution in [0.1, 0.15) is 0 Å². The van der Waals surface area contributed by atoms with Crippen LogP contribution in [0, 0.1) is 0 Å². The van der Waals surface area contributed by atoms with E-state index in [1.807, 2.05) is 18.2 Å². The summed E-state index contributed by atoms with van der Waals surface area (Å²) in [6.07, 6.45) is 0. The highest BCUT2D eigenvalue weighted by molar-refractivity contribution is 6.28. The average molecular weight is 701 g/mol. The fourth-order valence-electron chi connectivity index (χ4n) is 8.20. The number of benzene rings is 9. The van der Waals surface area contributed by atoms with Crippen LogP contribution in [-0.4, -0.2) is 19.5 Å². The summed E-state index contributed by atoms with van der Waals surface area (Å²) in [5.74, 6) is 1.89. The molecule has 55 heavy (non-hydrogen) atoms. The molecule has 9 aromatic carbocycles. The molecule has 256 valence electrons. The fourth-order valence-corrected chi connectivity index (χ4v) is 8.20. The minimum atomic E-state index is 0.620. The van der Waals surface area contributed by atoms with E-state index in [0.29, 0.717) is 17.5 Å². The van der Waals surface area contributed by atoms with Crippen molar-refractivity contribution < 1.29 is 0 Å². The van der Waals surface area contributed by atoms with E-state index >= 15 is 0 Å². The van der Waals surface area contributed by atoms with Gasteiger partial charge in [-0.25, -0.2) is 15.0 Å². The van der Waals surface area contributed by atoms with E-state index in [2.05, 4.69) is 180 Å². The minimum absolute atomic E-state index is 0.620. The zero-order valence-corrected chi connectivity index (χ0v) is 29.8. The summed E-state index contributed by atoms with van der Waals surface area (Å²) >= 11 is 0. The summed E-state index contributed by atoms with van der Waals surface area (Å²) in [6.45, 7) is 0. The third-order valence-corrected chi connectivity index (χ3v) is 10.8. The van der Waals surface area contributed by atoms with Crippen LogP contribution >= 0.6 is 0 Å². The maximum absolute atomic E-state index is 5.21. The average Bonchev–Trinajstić information content (AvgIpc) is 3.62. The highest BCUT2D eigenvalue weighted by atomic mass is 15.0. The largest absolute Gasteiger partial charge is 0.309 e. The summed E-state index contributed by atoms with van der Waals surface area (Å²) in [7, 11) is 0. The summed E-state index contributed by atoms with van der Waals surface area (Å²) in [4.78, 5) is 15.4. The quantitative estimate of drug-likeness (QED) is 0.179. The van der Waals surface area contributed by atoms with Gasteiger partial charge in [0.2, 0.25) is 0 Å². The van der Waals surface area contributed by atoms with Gasteiger partial charge in [-0.1, -0.05) is 170 Å². The second kappa shape index (κ2) is 12.6. The van der Waals surface area contributed by atoms with Crippen LogP contribution in [0.2, 0.25) is 0 Å². The van der Waals surface area contributed by atoms with Crippen LogP contribution in [0.4, 0.5) is 0 Å². The first-order valence-corrected chi connectivity index (χ1v) is 18.6. The van der Waals surface area contributed by atoms with Crippen molar-refractivity contribution in [2.75, 3.05) is 0 Å². The van der Waals surface area contributed by atoms with Gasteiger partial charge in [-0.05, 0) is 62.1 Å². The number of rotatable bonds is 5. The molecule has 0 amide bonds. The van der Waals surface area contributed by atoms with E-state index in [4.69, 9.17) is 15.0 Å². The monoisotopic (exact) mass is 700 g/mol. The van der Waals surface area contributed by atoms with Gasteiger partial charge in [0.15, 0.2) is 17.5 Å². The van der Waals surface area contributed by atoms with Gasteiger partial charge in [0.05, 0.1) is 16.7 Å². The minimum Gasteiger partial charge on any atom is -0.309 e. The van der Waals surface area contributed by atoms with E-state index in [-0.39, 0.29) is 0 Å². The van der Waals surface area contributed by atoms with Crippen molar-refractivity contribution in [3.8, 4) is 51.0 Å². The molecule has 0 saturated heterocycles. The van der Waals surface area contributed by atoms with Crippen LogP contribution in [0.5, 0.6) is 0 Å². The fraction of sp³-hybridized carbons (Fsp3) is 0. The van der Waals surface area contributed by atoms with Crippen molar-refractivity contribution in [2.24, 2.45) is 0 Å². The summed E-state index contributed by atoms with van der Waals surface area (Å²) < 4.78 is 2.44. The molecular formula is C51H32N4. The van der Waals surface area contributed by atoms with Gasteiger partial charge in [0.1, 0.15) is 0 Å². The van der Waals surface area contributed by atoms with Crippen molar-refractivity contribution in [1.29, 1.82) is 0 Å². The third-order valence-electron chi connectivity index (χ3n) is 10.8. The smallest absolute Gasteiger partial charge is 0.164 e. The Kier molecular flexibility index (Phi) is 7.14. The molecule has 4 nitrogen and oxygen atoms in total. The van der Waals surface area contributed by atoms with Crippen LogP contribution in [0.3, 0.4) is 0 Å². The Morgan fingerprint density at radius 2 is 0.764 bits per heavy atom. The van der Waals surface area contributed by atoms with Crippen molar-refractivity contribution in [2.45, 2.75) is 0 Å². The van der Waals surface area contributed by atoms with Crippen LogP contribution < -0.4 is 0 Å². The van der Waals surface area contributed by atoms with Gasteiger partial charge in [-0.3, -0.25) is 0 Å². The maximum Gasteiger partial charge on any atom is 0.164 e. The normalized spacial score (nSPS) is 11.6. The van der Waals surface area contributed by atoms with Crippen LogP contribution in [0.25, 0.3) is 105 Å². The first-order chi connectivity index (χ1) is 27.3. The topological polar surface area (TPSA) is 43.6 Å². The van der Waals surface area contributed by atoms with Crippen molar-refractivity contribution in [3.63, 3.8) is 0 Å². The molecule has 0 saturated carbocycles. The Morgan fingerprint density at radius 3 is 1.38 bits per heavy atom. The number of fused-ring (bicyclic) bond motifs is 8. The van der Waals surface area contributed by atoms with Crippen LogP contribution in [0.15, 0.2) is 194 Å². The van der Waals surface area contributed by atoms with Gasteiger partial charge < -0.3 is 4.57 Å². The molecule has 2 heterocycles. The Balaban J connectivity index is 1.22. The standard InChI is InChI=1S/C51H32N4/c1-3-14-34(15-4-1)41-28-25-40(51-53-49(37-18-5-2-6-19-37)52-50(54-51)39-24-23-33-13-7-8-20-38(33)31-39)32-46(41)55-44-29-26-35-16-9-11-21-42(35)47(44)48-43-22-12-10-17-36(43)27-30-45(48)55/h1-32H. The Morgan fingerprint density at radius 1 is 0.309 bits per heavy atom. The first-order valence-electron chi connectivity index (χ1n) is 18.6. The predicted octanol–water partition coefficient (Wildman–Crippen LogP) is 13.1. The lowest BCUT2D eigenvalue weighted by Gasteiger charge is -2.16. The second-order valence-corrected chi connectivity index (χ2v) is 14.0. The number of hydrogen-bond acceptors (Lipinski definition) is 3. The van der Waals surface area contributed by atoms with Crippen molar-refractivity contribution in [1.82, 2.24) is 19.5 Å². The molecule has 0 fully saturated rings. The molecule has 0 aliphatic rings. The lowest BCUT2D eigenvalue weighted by Crippen LogP contribution is -2.02. The Bertz CT molecular complexity index is 3160. The molecule has 11 aromatic rings. The SMILES string of the molecule is c1ccc(-c2nc(-c3ccc(-c4ccccc4)c(-n4c5ccc6ccccc6c5c5c6ccccc6ccc54)c3)nc(-c3ccc4ccccc4c3)n2)cc1.